The van der Waals surface area contributed by atoms with Crippen molar-refractivity contribution in [2.45, 2.75) is 60.8 Å². The van der Waals surface area contributed by atoms with E-state index in [2.05, 4.69) is 61.6 Å². The molecule has 2 aliphatic heterocycles. The lowest BCUT2D eigenvalue weighted by Crippen LogP contribution is -2.45. The summed E-state index contributed by atoms with van der Waals surface area (Å²) >= 11 is 0. The van der Waals surface area contributed by atoms with Gasteiger partial charge >= 0.3 is 0 Å². The first-order valence-electron chi connectivity index (χ1n) is 17.0. The molecule has 246 valence electrons. The lowest BCUT2D eigenvalue weighted by molar-refractivity contribution is 0.0583. The highest BCUT2D eigenvalue weighted by Gasteiger charge is 2.41. The first-order valence-corrected chi connectivity index (χ1v) is 17.0. The molecule has 10 heteroatoms. The largest absolute Gasteiger partial charge is 0.384 e. The zero-order chi connectivity index (χ0) is 32.7. The van der Waals surface area contributed by atoms with Crippen molar-refractivity contribution in [2.24, 2.45) is 0 Å². The molecule has 0 saturated carbocycles. The van der Waals surface area contributed by atoms with Crippen molar-refractivity contribution in [3.8, 4) is 0 Å². The van der Waals surface area contributed by atoms with Crippen molar-refractivity contribution in [1.82, 2.24) is 24.5 Å². The number of carbonyl (C=O) groups excluding carboxylic acids is 4. The van der Waals surface area contributed by atoms with Crippen molar-refractivity contribution >= 4 is 40.1 Å². The van der Waals surface area contributed by atoms with E-state index in [1.165, 1.54) is 9.80 Å². The number of imide groups is 2. The fourth-order valence-corrected chi connectivity index (χ4v) is 6.66. The van der Waals surface area contributed by atoms with Crippen LogP contribution in [0.5, 0.6) is 0 Å². The minimum Gasteiger partial charge on any atom is -0.384 e. The maximum Gasteiger partial charge on any atom is 0.263 e. The lowest BCUT2D eigenvalue weighted by atomic mass is 9.84. The Bertz CT molecular complexity index is 1400. The van der Waals surface area contributed by atoms with Crippen molar-refractivity contribution in [3.63, 3.8) is 0 Å². The molecule has 2 heterocycles. The van der Waals surface area contributed by atoms with Crippen LogP contribution in [0.25, 0.3) is 10.8 Å². The van der Waals surface area contributed by atoms with Gasteiger partial charge in [0.25, 0.3) is 23.6 Å². The highest BCUT2D eigenvalue weighted by Crippen LogP contribution is 2.41. The fraction of sp³-hybridized carbons (Fsp3) is 0.600. The molecule has 0 radical (unpaired) electrons. The molecular weight excluding hydrogens is 568 g/mol. The minimum absolute atomic E-state index is 0.304. The van der Waals surface area contributed by atoms with E-state index >= 15 is 0 Å². The molecule has 10 nitrogen and oxygen atoms in total. The van der Waals surface area contributed by atoms with Crippen LogP contribution in [-0.2, 0) is 0 Å². The van der Waals surface area contributed by atoms with E-state index in [0.29, 0.717) is 71.2 Å². The first kappa shape index (κ1) is 34.5. The number of hydrogen-bond donors (Lipinski definition) is 1. The van der Waals surface area contributed by atoms with Gasteiger partial charge in [-0.3, -0.25) is 29.0 Å². The molecule has 0 spiro atoms. The molecule has 4 amide bonds. The van der Waals surface area contributed by atoms with E-state index in [0.717, 1.165) is 65.3 Å². The van der Waals surface area contributed by atoms with Gasteiger partial charge in [-0.2, -0.15) is 0 Å². The van der Waals surface area contributed by atoms with Gasteiger partial charge in [0.2, 0.25) is 0 Å². The number of rotatable bonds is 19. The van der Waals surface area contributed by atoms with Gasteiger partial charge < -0.3 is 20.0 Å². The highest BCUT2D eigenvalue weighted by molar-refractivity contribution is 6.34. The normalized spacial score (nSPS) is 14.7. The molecular formula is C35H52N6O4. The molecule has 0 aromatic heterocycles. The fourth-order valence-electron chi connectivity index (χ4n) is 6.66. The van der Waals surface area contributed by atoms with Gasteiger partial charge in [0.05, 0.1) is 11.1 Å². The zero-order valence-electron chi connectivity index (χ0n) is 28.2. The van der Waals surface area contributed by atoms with E-state index in [-0.39, 0.29) is 23.6 Å². The second-order valence-corrected chi connectivity index (χ2v) is 11.8. The summed E-state index contributed by atoms with van der Waals surface area (Å²) in [5.74, 6) is -1.48. The van der Waals surface area contributed by atoms with Crippen LogP contribution in [0.15, 0.2) is 18.2 Å². The van der Waals surface area contributed by atoms with Gasteiger partial charge in [0, 0.05) is 47.2 Å². The number of amides is 4. The first-order chi connectivity index (χ1) is 21.8. The maximum absolute atomic E-state index is 14.2. The van der Waals surface area contributed by atoms with Crippen LogP contribution < -0.4 is 5.32 Å². The third kappa shape index (κ3) is 7.08. The molecule has 0 atom stereocenters. The van der Waals surface area contributed by atoms with Gasteiger partial charge in [0.15, 0.2) is 0 Å². The molecule has 0 fully saturated rings. The third-order valence-electron chi connectivity index (χ3n) is 9.53. The topological polar surface area (TPSA) is 96.5 Å². The Morgan fingerprint density at radius 2 is 0.978 bits per heavy atom. The van der Waals surface area contributed by atoms with Crippen molar-refractivity contribution in [2.75, 3.05) is 83.9 Å². The Balaban J connectivity index is 1.73. The molecule has 2 aromatic rings. The van der Waals surface area contributed by atoms with Crippen molar-refractivity contribution in [3.05, 3.63) is 40.5 Å². The summed E-state index contributed by atoms with van der Waals surface area (Å²) < 4.78 is 0. The summed E-state index contributed by atoms with van der Waals surface area (Å²) in [6.45, 7) is 21.9. The third-order valence-corrected chi connectivity index (χ3v) is 9.53. The standard InChI is InChI=1S/C35H52N6O4/c1-7-37(8-2)19-13-18-36-28-24-27-29-25(32(42)40(34(27)44)22-14-20-38(9-3)10-4)16-17-26-30(29)31(28)35(45)41(33(26)43)23-15-21-39(11-5)12-6/h16-17,24,36H,7-15,18-23H2,1-6H3. The number of nitrogens with zero attached hydrogens (tertiary/aromatic N) is 5. The summed E-state index contributed by atoms with van der Waals surface area (Å²) in [7, 11) is 0. The second kappa shape index (κ2) is 15.8. The molecule has 0 bridgehead atoms. The molecule has 0 aliphatic carbocycles. The number of carbonyl (C=O) groups is 4. The Morgan fingerprint density at radius 3 is 1.47 bits per heavy atom. The lowest BCUT2D eigenvalue weighted by Gasteiger charge is -2.33. The van der Waals surface area contributed by atoms with E-state index in [9.17, 15) is 19.2 Å². The summed E-state index contributed by atoms with van der Waals surface area (Å²) in [5.41, 5.74) is 2.04. The molecule has 0 unspecified atom stereocenters. The molecule has 4 rings (SSSR count). The average molecular weight is 621 g/mol. The van der Waals surface area contributed by atoms with Gasteiger partial charge in [-0.05, 0) is 96.4 Å². The quantitative estimate of drug-likeness (QED) is 0.179. The average Bonchev–Trinajstić information content (AvgIpc) is 3.05. The zero-order valence-corrected chi connectivity index (χ0v) is 28.2. The highest BCUT2D eigenvalue weighted by atomic mass is 16.2. The van der Waals surface area contributed by atoms with Gasteiger partial charge in [-0.1, -0.05) is 41.5 Å². The maximum atomic E-state index is 14.2. The summed E-state index contributed by atoms with van der Waals surface area (Å²) in [5, 5.41) is 4.31. The van der Waals surface area contributed by atoms with Gasteiger partial charge in [-0.25, -0.2) is 0 Å². The van der Waals surface area contributed by atoms with E-state index in [1.54, 1.807) is 18.2 Å². The van der Waals surface area contributed by atoms with Crippen molar-refractivity contribution < 1.29 is 19.2 Å². The van der Waals surface area contributed by atoms with Gasteiger partial charge in [0.1, 0.15) is 0 Å². The predicted molar refractivity (Wildman–Crippen MR) is 180 cm³/mol. The predicted octanol–water partition coefficient (Wildman–Crippen LogP) is 4.64. The Morgan fingerprint density at radius 1 is 0.556 bits per heavy atom. The molecule has 45 heavy (non-hydrogen) atoms. The molecule has 2 aromatic carbocycles. The van der Waals surface area contributed by atoms with Crippen LogP contribution in [0.2, 0.25) is 0 Å². The van der Waals surface area contributed by atoms with Gasteiger partial charge in [-0.15, -0.1) is 0 Å². The van der Waals surface area contributed by atoms with Crippen molar-refractivity contribution in [1.29, 1.82) is 0 Å². The SMILES string of the molecule is CCN(CC)CCCNc1cc2c3c(ccc4c3c1C(=O)N(CCCN(CC)CC)C4=O)C(=O)N(CCCN(CC)CC)C2=O. The summed E-state index contributed by atoms with van der Waals surface area (Å²) in [6.07, 6.45) is 2.19. The second-order valence-electron chi connectivity index (χ2n) is 11.8. The Kier molecular flexibility index (Phi) is 12.1. The molecule has 0 saturated heterocycles. The van der Waals surface area contributed by atoms with E-state index in [4.69, 9.17) is 0 Å². The van der Waals surface area contributed by atoms with Crippen LogP contribution in [0.4, 0.5) is 5.69 Å². The van der Waals surface area contributed by atoms with Crippen LogP contribution in [0, 0.1) is 0 Å². The van der Waals surface area contributed by atoms with E-state index in [1.807, 2.05) is 0 Å². The van der Waals surface area contributed by atoms with Crippen LogP contribution >= 0.6 is 0 Å². The minimum atomic E-state index is -0.372. The van der Waals surface area contributed by atoms with Crippen LogP contribution in [-0.4, -0.2) is 127 Å². The van der Waals surface area contributed by atoms with Crippen LogP contribution in [0.1, 0.15) is 102 Å². The van der Waals surface area contributed by atoms with Crippen LogP contribution in [0.3, 0.4) is 0 Å². The number of hydrogen-bond acceptors (Lipinski definition) is 8. The molecule has 1 N–H and O–H groups in total. The number of anilines is 1. The Hall–Kier alpha value is -3.34. The van der Waals surface area contributed by atoms with E-state index < -0.39 is 0 Å². The summed E-state index contributed by atoms with van der Waals surface area (Å²) in [6, 6.07) is 5.08. The smallest absolute Gasteiger partial charge is 0.263 e. The Labute approximate surface area is 268 Å². The monoisotopic (exact) mass is 620 g/mol. The number of benzene rings is 2. The number of nitrogens with one attached hydrogen (secondary N) is 1. The molecule has 2 aliphatic rings. The summed E-state index contributed by atoms with van der Waals surface area (Å²) in [4.78, 5) is 65.3.